The fraction of sp³-hybridized carbons (Fsp3) is 0.278. The predicted molar refractivity (Wildman–Crippen MR) is 95.3 cm³/mol. The highest BCUT2D eigenvalue weighted by Gasteiger charge is 2.13. The third-order valence-corrected chi connectivity index (χ3v) is 3.79. The summed E-state index contributed by atoms with van der Waals surface area (Å²) in [5, 5.41) is 3.44. The van der Waals surface area contributed by atoms with Gasteiger partial charge in [-0.2, -0.15) is 0 Å². The molecule has 3 rings (SSSR count). The third kappa shape index (κ3) is 3.14. The lowest BCUT2D eigenvalue weighted by Crippen LogP contribution is -2.10. The minimum absolute atomic E-state index is 0.652. The number of aromatic nitrogens is 2. The highest BCUT2D eigenvalue weighted by Crippen LogP contribution is 2.29. The fourth-order valence-electron chi connectivity index (χ4n) is 2.55. The van der Waals surface area contributed by atoms with Crippen LogP contribution in [0, 0.1) is 0 Å². The summed E-state index contributed by atoms with van der Waals surface area (Å²) in [6.45, 7) is 1.39. The van der Waals surface area contributed by atoms with Crippen molar-refractivity contribution in [2.24, 2.45) is 0 Å². The van der Waals surface area contributed by atoms with Crippen molar-refractivity contribution in [2.45, 2.75) is 0 Å². The van der Waals surface area contributed by atoms with Crippen molar-refractivity contribution in [2.75, 3.05) is 44.6 Å². The lowest BCUT2D eigenvalue weighted by molar-refractivity contribution is 0.210. The summed E-state index contributed by atoms with van der Waals surface area (Å²) in [5.41, 5.74) is 4.15. The molecule has 1 aromatic carbocycles. The second-order valence-corrected chi connectivity index (χ2v) is 5.60. The third-order valence-electron chi connectivity index (χ3n) is 3.79. The van der Waals surface area contributed by atoms with Crippen molar-refractivity contribution < 1.29 is 4.74 Å². The number of hydrogen-bond acceptors (Lipinski definition) is 4. The van der Waals surface area contributed by atoms with Crippen LogP contribution in [0.2, 0.25) is 0 Å². The zero-order valence-corrected chi connectivity index (χ0v) is 13.8. The van der Waals surface area contributed by atoms with E-state index in [0.29, 0.717) is 6.61 Å². The molecule has 5 heteroatoms. The van der Waals surface area contributed by atoms with Crippen LogP contribution in [-0.4, -0.2) is 43.7 Å². The number of nitrogens with one attached hydrogen (secondary N) is 1. The molecule has 0 saturated carbocycles. The molecule has 0 fully saturated rings. The first-order chi connectivity index (χ1) is 11.2. The number of pyridine rings is 1. The van der Waals surface area contributed by atoms with Gasteiger partial charge in [0.15, 0.2) is 0 Å². The monoisotopic (exact) mass is 310 g/mol. The second kappa shape index (κ2) is 6.71. The molecule has 23 heavy (non-hydrogen) atoms. The molecule has 1 N–H and O–H groups in total. The number of methoxy groups -OCH3 is 1. The highest BCUT2D eigenvalue weighted by molar-refractivity contribution is 5.77. The van der Waals surface area contributed by atoms with Crippen molar-refractivity contribution >= 4 is 17.2 Å². The Morgan fingerprint density at radius 3 is 2.61 bits per heavy atom. The Morgan fingerprint density at radius 1 is 1.13 bits per heavy atom. The summed E-state index contributed by atoms with van der Waals surface area (Å²) < 4.78 is 7.22. The number of benzene rings is 1. The summed E-state index contributed by atoms with van der Waals surface area (Å²) in [6.07, 6.45) is 2.02. The van der Waals surface area contributed by atoms with E-state index in [4.69, 9.17) is 9.72 Å². The quantitative estimate of drug-likeness (QED) is 0.710. The number of rotatable bonds is 6. The van der Waals surface area contributed by atoms with Gasteiger partial charge < -0.3 is 15.0 Å². The molecule has 0 atom stereocenters. The summed E-state index contributed by atoms with van der Waals surface area (Å²) in [4.78, 5) is 6.87. The van der Waals surface area contributed by atoms with Gasteiger partial charge in [0.2, 0.25) is 0 Å². The van der Waals surface area contributed by atoms with Crippen LogP contribution in [0.4, 0.5) is 11.5 Å². The van der Waals surface area contributed by atoms with Gasteiger partial charge in [-0.15, -0.1) is 0 Å². The molecule has 0 aliphatic carbocycles. The molecular weight excluding hydrogens is 288 g/mol. The van der Waals surface area contributed by atoms with Crippen LogP contribution < -0.4 is 10.2 Å². The van der Waals surface area contributed by atoms with Crippen molar-refractivity contribution in [3.05, 3.63) is 48.7 Å². The maximum Gasteiger partial charge on any atom is 0.139 e. The molecule has 0 aliphatic rings. The molecule has 0 radical (unpaired) electrons. The second-order valence-electron chi connectivity index (χ2n) is 5.60. The van der Waals surface area contributed by atoms with Crippen LogP contribution >= 0.6 is 0 Å². The number of fused-ring (bicyclic) bond motifs is 1. The fourth-order valence-corrected chi connectivity index (χ4v) is 2.55. The molecule has 0 aliphatic heterocycles. The summed E-state index contributed by atoms with van der Waals surface area (Å²) in [7, 11) is 5.78. The van der Waals surface area contributed by atoms with E-state index in [1.54, 1.807) is 7.11 Å². The summed E-state index contributed by atoms with van der Waals surface area (Å²) in [6, 6.07) is 14.5. The van der Waals surface area contributed by atoms with Crippen molar-refractivity contribution in [3.63, 3.8) is 0 Å². The first-order valence-electron chi connectivity index (χ1n) is 7.68. The van der Waals surface area contributed by atoms with Crippen molar-refractivity contribution in [3.8, 4) is 11.3 Å². The Hall–Kier alpha value is -2.53. The molecule has 0 unspecified atom stereocenters. The summed E-state index contributed by atoms with van der Waals surface area (Å²) in [5.74, 6) is 0.996. The number of hydrogen-bond donors (Lipinski definition) is 1. The zero-order chi connectivity index (χ0) is 16.2. The Bertz CT molecular complexity index is 777. The smallest absolute Gasteiger partial charge is 0.139 e. The lowest BCUT2D eigenvalue weighted by atomic mass is 10.1. The van der Waals surface area contributed by atoms with Gasteiger partial charge in [0.05, 0.1) is 6.61 Å². The van der Waals surface area contributed by atoms with Crippen LogP contribution in [0.15, 0.2) is 48.7 Å². The Balaban J connectivity index is 2.02. The molecule has 0 bridgehead atoms. The molecule has 0 saturated heterocycles. The molecule has 0 spiro atoms. The SMILES string of the molecule is COCCNc1c(-c2ccc(N(C)C)cc2)nc2ccccn12. The minimum Gasteiger partial charge on any atom is -0.383 e. The average Bonchev–Trinajstić information content (AvgIpc) is 2.94. The van der Waals surface area contributed by atoms with E-state index in [2.05, 4.69) is 38.9 Å². The Kier molecular flexibility index (Phi) is 4.48. The normalized spacial score (nSPS) is 10.9. The lowest BCUT2D eigenvalue weighted by Gasteiger charge is -2.13. The molecule has 2 heterocycles. The largest absolute Gasteiger partial charge is 0.383 e. The van der Waals surface area contributed by atoms with E-state index in [1.807, 2.05) is 38.5 Å². The van der Waals surface area contributed by atoms with E-state index < -0.39 is 0 Å². The van der Waals surface area contributed by atoms with E-state index >= 15 is 0 Å². The van der Waals surface area contributed by atoms with Gasteiger partial charge in [-0.1, -0.05) is 18.2 Å². The maximum atomic E-state index is 5.14. The molecule has 120 valence electrons. The van der Waals surface area contributed by atoms with Crippen LogP contribution in [0.5, 0.6) is 0 Å². The standard InChI is InChI=1S/C18H22N4O/c1-21(2)15-9-7-14(8-10-15)17-18(19-11-13-23-3)22-12-5-4-6-16(22)20-17/h4-10,12,19H,11,13H2,1-3H3. The first kappa shape index (κ1) is 15.4. The van der Waals surface area contributed by atoms with Gasteiger partial charge in [0.25, 0.3) is 0 Å². The average molecular weight is 310 g/mol. The van der Waals surface area contributed by atoms with E-state index in [0.717, 1.165) is 29.3 Å². The van der Waals surface area contributed by atoms with E-state index in [9.17, 15) is 0 Å². The molecule has 5 nitrogen and oxygen atoms in total. The van der Waals surface area contributed by atoms with Crippen molar-refractivity contribution in [1.29, 1.82) is 0 Å². The highest BCUT2D eigenvalue weighted by atomic mass is 16.5. The number of nitrogens with zero attached hydrogens (tertiary/aromatic N) is 3. The van der Waals surface area contributed by atoms with Gasteiger partial charge >= 0.3 is 0 Å². The van der Waals surface area contributed by atoms with Crippen LogP contribution in [0.3, 0.4) is 0 Å². The number of imidazole rings is 1. The van der Waals surface area contributed by atoms with Crippen LogP contribution in [0.25, 0.3) is 16.9 Å². The molecule has 3 aromatic rings. The van der Waals surface area contributed by atoms with E-state index in [-0.39, 0.29) is 0 Å². The van der Waals surface area contributed by atoms with Gasteiger partial charge in [0, 0.05) is 45.2 Å². The van der Waals surface area contributed by atoms with Crippen molar-refractivity contribution in [1.82, 2.24) is 9.38 Å². The topological polar surface area (TPSA) is 41.8 Å². The Morgan fingerprint density at radius 2 is 1.91 bits per heavy atom. The minimum atomic E-state index is 0.652. The van der Waals surface area contributed by atoms with E-state index in [1.165, 1.54) is 5.69 Å². The molecule has 0 amide bonds. The molecular formula is C18H22N4O. The molecule has 2 aromatic heterocycles. The van der Waals surface area contributed by atoms with Gasteiger partial charge in [-0.3, -0.25) is 4.40 Å². The number of ether oxygens (including phenoxy) is 1. The Labute approximate surface area is 136 Å². The van der Waals surface area contributed by atoms with Crippen LogP contribution in [-0.2, 0) is 4.74 Å². The van der Waals surface area contributed by atoms with Crippen LogP contribution in [0.1, 0.15) is 0 Å². The summed E-state index contributed by atoms with van der Waals surface area (Å²) >= 11 is 0. The number of anilines is 2. The predicted octanol–water partition coefficient (Wildman–Crippen LogP) is 3.13. The zero-order valence-electron chi connectivity index (χ0n) is 13.8. The van der Waals surface area contributed by atoms with Gasteiger partial charge in [-0.25, -0.2) is 4.98 Å². The van der Waals surface area contributed by atoms with Gasteiger partial charge in [-0.05, 0) is 24.3 Å². The maximum absolute atomic E-state index is 5.14. The first-order valence-corrected chi connectivity index (χ1v) is 7.68. The van der Waals surface area contributed by atoms with Gasteiger partial charge in [0.1, 0.15) is 17.2 Å².